The number of carbonyl (C=O) groups is 1. The van der Waals surface area contributed by atoms with Crippen LogP contribution < -0.4 is 0 Å². The minimum absolute atomic E-state index is 0.381. The van der Waals surface area contributed by atoms with Crippen LogP contribution in [0.3, 0.4) is 0 Å². The fourth-order valence-electron chi connectivity index (χ4n) is 2.23. The lowest BCUT2D eigenvalue weighted by molar-refractivity contribution is 0.0601. The number of aliphatic imine (C=N–C) groups is 1. The molecule has 4 nitrogen and oxygen atoms in total. The molecule has 132 valence electrons. The first-order valence-corrected chi connectivity index (χ1v) is 8.45. The molecule has 1 aromatic carbocycles. The number of benzene rings is 1. The van der Waals surface area contributed by atoms with Crippen LogP contribution >= 0.6 is 0 Å². The summed E-state index contributed by atoms with van der Waals surface area (Å²) in [6, 6.07) is 7.12. The Bertz CT molecular complexity index is 560. The number of esters is 1. The third kappa shape index (κ3) is 8.06. The first-order chi connectivity index (χ1) is 11.5. The van der Waals surface area contributed by atoms with Crippen molar-refractivity contribution in [2.24, 2.45) is 10.9 Å². The van der Waals surface area contributed by atoms with Gasteiger partial charge in [0, 0.05) is 12.8 Å². The summed E-state index contributed by atoms with van der Waals surface area (Å²) in [7, 11) is 1.37. The lowest BCUT2D eigenvalue weighted by atomic mass is 10.0. The van der Waals surface area contributed by atoms with Crippen molar-refractivity contribution in [3.05, 3.63) is 41.5 Å². The van der Waals surface area contributed by atoms with E-state index in [2.05, 4.69) is 31.8 Å². The largest absolute Gasteiger partial charge is 0.465 e. The number of methoxy groups -OCH3 is 1. The van der Waals surface area contributed by atoms with Crippen LogP contribution in [0.15, 0.2) is 40.9 Å². The van der Waals surface area contributed by atoms with Crippen LogP contribution in [-0.2, 0) is 9.47 Å². The summed E-state index contributed by atoms with van der Waals surface area (Å²) in [6.07, 6.45) is 7.34. The molecular formula is C20H29NO3. The van der Waals surface area contributed by atoms with E-state index in [0.717, 1.165) is 19.4 Å². The molecule has 0 saturated carbocycles. The van der Waals surface area contributed by atoms with Gasteiger partial charge in [-0.1, -0.05) is 30.7 Å². The number of nitrogens with zero attached hydrogens (tertiary/aromatic N) is 1. The van der Waals surface area contributed by atoms with E-state index >= 15 is 0 Å². The van der Waals surface area contributed by atoms with Crippen molar-refractivity contribution in [2.45, 2.75) is 40.0 Å². The molecule has 0 spiro atoms. The van der Waals surface area contributed by atoms with Crippen molar-refractivity contribution in [3.63, 3.8) is 0 Å². The maximum atomic E-state index is 11.6. The fraction of sp³-hybridized carbons (Fsp3) is 0.500. The van der Waals surface area contributed by atoms with Crippen LogP contribution in [0.5, 0.6) is 0 Å². The molecule has 24 heavy (non-hydrogen) atoms. The molecule has 0 fully saturated rings. The predicted octanol–water partition coefficient (Wildman–Crippen LogP) is 4.96. The van der Waals surface area contributed by atoms with Crippen LogP contribution in [0.2, 0.25) is 0 Å². The second kappa shape index (κ2) is 11.6. The van der Waals surface area contributed by atoms with Gasteiger partial charge in [0.15, 0.2) is 0 Å². The molecule has 4 heteroatoms. The quantitative estimate of drug-likeness (QED) is 0.263. The Hall–Kier alpha value is -1.94. The topological polar surface area (TPSA) is 47.9 Å². The van der Waals surface area contributed by atoms with Crippen molar-refractivity contribution in [1.82, 2.24) is 0 Å². The van der Waals surface area contributed by atoms with Gasteiger partial charge in [0.1, 0.15) is 0 Å². The Balaban J connectivity index is 2.29. The van der Waals surface area contributed by atoms with E-state index in [-0.39, 0.29) is 5.97 Å². The van der Waals surface area contributed by atoms with E-state index < -0.39 is 0 Å². The highest BCUT2D eigenvalue weighted by Gasteiger charge is 2.09. The van der Waals surface area contributed by atoms with E-state index in [0.29, 0.717) is 23.8 Å². The van der Waals surface area contributed by atoms with Crippen LogP contribution in [0.1, 0.15) is 50.4 Å². The number of para-hydroxylation sites is 1. The normalized spacial score (nSPS) is 12.2. The summed E-state index contributed by atoms with van der Waals surface area (Å²) >= 11 is 0. The Kier molecular flexibility index (Phi) is 9.70. The lowest BCUT2D eigenvalue weighted by Crippen LogP contribution is -2.04. The summed E-state index contributed by atoms with van der Waals surface area (Å²) in [4.78, 5) is 15.9. The van der Waals surface area contributed by atoms with Crippen LogP contribution in [-0.4, -0.2) is 32.5 Å². The minimum atomic E-state index is -0.381. The van der Waals surface area contributed by atoms with Crippen molar-refractivity contribution in [1.29, 1.82) is 0 Å². The molecule has 1 rings (SSSR count). The van der Waals surface area contributed by atoms with Gasteiger partial charge in [-0.25, -0.2) is 4.79 Å². The first kappa shape index (κ1) is 20.1. The molecule has 1 aromatic rings. The van der Waals surface area contributed by atoms with E-state index in [4.69, 9.17) is 9.47 Å². The molecule has 0 amide bonds. The highest BCUT2D eigenvalue weighted by molar-refractivity contribution is 5.95. The minimum Gasteiger partial charge on any atom is -0.465 e. The zero-order valence-electron chi connectivity index (χ0n) is 15.2. The van der Waals surface area contributed by atoms with Crippen molar-refractivity contribution >= 4 is 17.9 Å². The van der Waals surface area contributed by atoms with Gasteiger partial charge < -0.3 is 9.47 Å². The Morgan fingerprint density at radius 3 is 2.71 bits per heavy atom. The molecule has 0 aliphatic heterocycles. The van der Waals surface area contributed by atoms with E-state index in [1.807, 2.05) is 6.07 Å². The summed E-state index contributed by atoms with van der Waals surface area (Å²) in [5, 5.41) is 0. The Morgan fingerprint density at radius 2 is 2.00 bits per heavy atom. The molecule has 0 aliphatic carbocycles. The SMILES string of the molecule is COC(=O)c1ccccc1N=CCOCCC(C)CCC=C(C)C. The van der Waals surface area contributed by atoms with Gasteiger partial charge in [-0.3, -0.25) is 4.99 Å². The van der Waals surface area contributed by atoms with E-state index in [1.54, 1.807) is 24.4 Å². The average Bonchev–Trinajstić information content (AvgIpc) is 2.57. The van der Waals surface area contributed by atoms with Crippen LogP contribution in [0.25, 0.3) is 0 Å². The molecule has 1 atom stereocenters. The Labute approximate surface area is 145 Å². The highest BCUT2D eigenvalue weighted by Crippen LogP contribution is 2.18. The van der Waals surface area contributed by atoms with Crippen LogP contribution in [0, 0.1) is 5.92 Å². The maximum absolute atomic E-state index is 11.6. The number of hydrogen-bond donors (Lipinski definition) is 0. The molecule has 0 aromatic heterocycles. The second-order valence-electron chi connectivity index (χ2n) is 6.15. The average molecular weight is 331 g/mol. The van der Waals surface area contributed by atoms with Gasteiger partial charge in [0.25, 0.3) is 0 Å². The smallest absolute Gasteiger partial charge is 0.340 e. The van der Waals surface area contributed by atoms with Gasteiger partial charge in [-0.2, -0.15) is 0 Å². The zero-order valence-corrected chi connectivity index (χ0v) is 15.2. The molecule has 0 N–H and O–H groups in total. The predicted molar refractivity (Wildman–Crippen MR) is 99.2 cm³/mol. The van der Waals surface area contributed by atoms with Crippen molar-refractivity contribution in [2.75, 3.05) is 20.3 Å². The van der Waals surface area contributed by atoms with Crippen molar-refractivity contribution < 1.29 is 14.3 Å². The number of rotatable bonds is 10. The van der Waals surface area contributed by atoms with Gasteiger partial charge in [0.05, 0.1) is 25.0 Å². The fourth-order valence-corrected chi connectivity index (χ4v) is 2.23. The summed E-state index contributed by atoms with van der Waals surface area (Å²) < 4.78 is 10.3. The van der Waals surface area contributed by atoms with E-state index in [9.17, 15) is 4.79 Å². The molecule has 0 radical (unpaired) electrons. The van der Waals surface area contributed by atoms with Gasteiger partial charge in [-0.05, 0) is 51.2 Å². The lowest BCUT2D eigenvalue weighted by Gasteiger charge is -2.09. The summed E-state index contributed by atoms with van der Waals surface area (Å²) in [6.45, 7) is 7.68. The molecule has 0 saturated heterocycles. The maximum Gasteiger partial charge on any atom is 0.340 e. The zero-order chi connectivity index (χ0) is 17.8. The summed E-state index contributed by atoms with van der Waals surface area (Å²) in [5.74, 6) is 0.270. The van der Waals surface area contributed by atoms with Crippen LogP contribution in [0.4, 0.5) is 5.69 Å². The molecule has 0 bridgehead atoms. The molecule has 0 aliphatic rings. The monoisotopic (exact) mass is 331 g/mol. The van der Waals surface area contributed by atoms with Crippen molar-refractivity contribution in [3.8, 4) is 0 Å². The first-order valence-electron chi connectivity index (χ1n) is 8.45. The Morgan fingerprint density at radius 1 is 1.25 bits per heavy atom. The number of carbonyl (C=O) groups excluding carboxylic acids is 1. The third-order valence-corrected chi connectivity index (χ3v) is 3.70. The number of hydrogen-bond acceptors (Lipinski definition) is 4. The molecule has 0 heterocycles. The van der Waals surface area contributed by atoms with Gasteiger partial charge >= 0.3 is 5.97 Å². The third-order valence-electron chi connectivity index (χ3n) is 3.70. The van der Waals surface area contributed by atoms with Gasteiger partial charge in [0.2, 0.25) is 0 Å². The standard InChI is InChI=1S/C20H29NO3/c1-16(2)8-7-9-17(3)12-14-24-15-13-21-19-11-6-5-10-18(19)20(22)23-4/h5-6,8,10-11,13,17H,7,9,12,14-15H2,1-4H3. The van der Waals surface area contributed by atoms with E-state index in [1.165, 1.54) is 19.1 Å². The summed E-state index contributed by atoms with van der Waals surface area (Å²) in [5.41, 5.74) is 2.44. The van der Waals surface area contributed by atoms with Gasteiger partial charge in [-0.15, -0.1) is 0 Å². The second-order valence-corrected chi connectivity index (χ2v) is 6.15. The number of allylic oxidation sites excluding steroid dienone is 2. The molecular weight excluding hydrogens is 302 g/mol. The highest BCUT2D eigenvalue weighted by atomic mass is 16.5. The molecule has 1 unspecified atom stereocenters. The number of ether oxygens (including phenoxy) is 2.